The lowest BCUT2D eigenvalue weighted by Crippen LogP contribution is -2.60. The van der Waals surface area contributed by atoms with E-state index in [2.05, 4.69) is 237 Å². The fourth-order valence-corrected chi connectivity index (χ4v) is 12.9. The van der Waals surface area contributed by atoms with Gasteiger partial charge in [0, 0.05) is 59.9 Å². The van der Waals surface area contributed by atoms with Crippen LogP contribution in [0, 0.1) is 13.8 Å². The van der Waals surface area contributed by atoms with E-state index >= 15 is 0 Å². The maximum atomic E-state index is 9.56. The van der Waals surface area contributed by atoms with Gasteiger partial charge in [0.15, 0.2) is 5.58 Å². The Hall–Kier alpha value is -8.84. The highest BCUT2D eigenvalue weighted by Crippen LogP contribution is 2.52. The predicted octanol–water partition coefficient (Wildman–Crippen LogP) is 18.1. The zero-order chi connectivity index (χ0) is 55.6. The third-order valence-electron chi connectivity index (χ3n) is 15.5. The van der Waals surface area contributed by atoms with Gasteiger partial charge >= 0.3 is 0 Å². The second-order valence-electron chi connectivity index (χ2n) is 21.0. The molecule has 0 saturated heterocycles. The summed E-state index contributed by atoms with van der Waals surface area (Å²) in [5.41, 5.74) is 18.3. The average molecular weight is 1000 g/mol. The molecular weight excluding hydrogens is 942 g/mol. The summed E-state index contributed by atoms with van der Waals surface area (Å²) in [6, 6.07) is 71.4. The third-order valence-corrected chi connectivity index (χ3v) is 16.7. The highest BCUT2D eigenvalue weighted by Gasteiger charge is 2.46. The number of anilines is 9. The van der Waals surface area contributed by atoms with Gasteiger partial charge in [-0.15, -0.1) is 11.3 Å². The van der Waals surface area contributed by atoms with Crippen LogP contribution in [0.3, 0.4) is 0 Å². The molecule has 0 radical (unpaired) electrons. The van der Waals surface area contributed by atoms with Gasteiger partial charge in [0.05, 0.1) is 23.9 Å². The molecule has 12 aromatic rings. The first kappa shape index (κ1) is 40.5. The maximum Gasteiger partial charge on any atom is 0.264 e. The van der Waals surface area contributed by atoms with Gasteiger partial charge in [0.2, 0.25) is 0 Å². The molecule has 0 N–H and O–H groups in total. The summed E-state index contributed by atoms with van der Waals surface area (Å²) in [5, 5.41) is 2.07. The minimum atomic E-state index is -0.438. The van der Waals surface area contributed by atoms with Crippen LogP contribution in [0.15, 0.2) is 241 Å². The summed E-state index contributed by atoms with van der Waals surface area (Å²) in [6.07, 6.45) is 0. The highest BCUT2D eigenvalue weighted by molar-refractivity contribution is 7.33. The van der Waals surface area contributed by atoms with Gasteiger partial charge < -0.3 is 19.1 Å². The second kappa shape index (κ2) is 17.9. The number of para-hydroxylation sites is 3. The topological polar surface area (TPSA) is 22.9 Å². The van der Waals surface area contributed by atoms with E-state index in [1.165, 1.54) is 5.56 Å². The number of benzene rings is 10. The normalized spacial score (nSPS) is 13.6. The van der Waals surface area contributed by atoms with E-state index in [-0.39, 0.29) is 41.9 Å². The lowest BCUT2D eigenvalue weighted by molar-refractivity contribution is 0.575. The minimum Gasteiger partial charge on any atom is -0.459 e. The number of hydrogen-bond donors (Lipinski definition) is 0. The first-order valence-electron chi connectivity index (χ1n) is 28.5. The third kappa shape index (κ3) is 7.42. The molecule has 0 spiro atoms. The van der Waals surface area contributed by atoms with E-state index in [4.69, 9.17) is 8.53 Å². The molecule has 2 aliphatic heterocycles. The van der Waals surface area contributed by atoms with Crippen LogP contribution in [0.2, 0.25) is 0 Å². The van der Waals surface area contributed by atoms with Gasteiger partial charge in [0.1, 0.15) is 5.76 Å². The maximum absolute atomic E-state index is 9.56. The van der Waals surface area contributed by atoms with Crippen LogP contribution >= 0.6 is 11.3 Å². The quantitative estimate of drug-likeness (QED) is 0.142. The standard InChI is InChI=1S/C70H54BN3OS/c1-45-46(2)75-68-56(45)30-20-32-61(68)74-64-43-51(48-23-12-7-13-24-48)42-63-66(64)71(69-67(74)58-41-50(33-40-65(58)76-69)47-21-10-6-11-22-47)59-39-38-55(44-62(59)73(63)54-36-34-52(35-37-54)70(3,4)5)72(53-27-16-9-17-28-53)60-31-19-18-29-57(60)49-25-14-8-15-26-49/h6-44H,1-5H3/i7D,12D,13D,23D,24D. The van der Waals surface area contributed by atoms with Crippen molar-refractivity contribution in [1.29, 1.82) is 0 Å². The first-order chi connectivity index (χ1) is 39.2. The summed E-state index contributed by atoms with van der Waals surface area (Å²) in [6.45, 7) is 10.5. The Morgan fingerprint density at radius 3 is 1.95 bits per heavy atom. The van der Waals surface area contributed by atoms with Crippen molar-refractivity contribution in [1.82, 2.24) is 0 Å². The van der Waals surface area contributed by atoms with E-state index in [1.54, 1.807) is 11.3 Å². The Bertz CT molecular complexity index is 4470. The molecule has 6 heteroatoms. The van der Waals surface area contributed by atoms with E-state index < -0.39 is 6.04 Å². The van der Waals surface area contributed by atoms with E-state index in [0.717, 1.165) is 122 Å². The number of thiophene rings is 1. The summed E-state index contributed by atoms with van der Waals surface area (Å²) in [4.78, 5) is 7.04. The van der Waals surface area contributed by atoms with Crippen LogP contribution in [0.5, 0.6) is 0 Å². The Balaban J connectivity index is 1.13. The summed E-state index contributed by atoms with van der Waals surface area (Å²) in [7, 11) is 0. The van der Waals surface area contributed by atoms with Crippen molar-refractivity contribution < 1.29 is 11.3 Å². The number of hydrogen-bond acceptors (Lipinski definition) is 5. The van der Waals surface area contributed by atoms with Crippen molar-refractivity contribution in [3.63, 3.8) is 0 Å². The summed E-state index contributed by atoms with van der Waals surface area (Å²) in [5.74, 6) is 0.828. The van der Waals surface area contributed by atoms with Crippen LogP contribution in [0.25, 0.3) is 54.4 Å². The predicted molar refractivity (Wildman–Crippen MR) is 325 cm³/mol. The Labute approximate surface area is 456 Å². The van der Waals surface area contributed by atoms with Gasteiger partial charge in [-0.25, -0.2) is 0 Å². The molecule has 4 nitrogen and oxygen atoms in total. The fraction of sp³-hybridized carbons (Fsp3) is 0.0857. The number of aryl methyl sites for hydroxylation is 2. The van der Waals surface area contributed by atoms with Crippen LogP contribution in [0.4, 0.5) is 51.2 Å². The Morgan fingerprint density at radius 2 is 1.21 bits per heavy atom. The largest absolute Gasteiger partial charge is 0.459 e. The molecule has 10 aromatic carbocycles. The van der Waals surface area contributed by atoms with E-state index in [0.29, 0.717) is 5.56 Å². The molecule has 14 rings (SSSR count). The van der Waals surface area contributed by atoms with Crippen molar-refractivity contribution >= 4 is 106 Å². The van der Waals surface area contributed by atoms with Gasteiger partial charge in [-0.05, 0) is 142 Å². The molecule has 0 unspecified atom stereocenters. The van der Waals surface area contributed by atoms with Gasteiger partial charge in [-0.2, -0.15) is 0 Å². The number of nitrogens with zero attached hydrogens (tertiary/aromatic N) is 3. The van der Waals surface area contributed by atoms with Crippen LogP contribution in [-0.2, 0) is 5.41 Å². The molecule has 364 valence electrons. The molecule has 0 saturated carbocycles. The monoisotopic (exact) mass is 1000 g/mol. The molecule has 0 bridgehead atoms. The van der Waals surface area contributed by atoms with E-state index in [1.807, 2.05) is 19.1 Å². The van der Waals surface area contributed by atoms with Crippen LogP contribution in [-0.4, -0.2) is 6.71 Å². The molecule has 2 aromatic heterocycles. The van der Waals surface area contributed by atoms with Crippen molar-refractivity contribution in [2.24, 2.45) is 0 Å². The Kier molecular flexibility index (Phi) is 9.57. The zero-order valence-electron chi connectivity index (χ0n) is 47.9. The molecule has 0 amide bonds. The Morgan fingerprint density at radius 1 is 0.526 bits per heavy atom. The molecule has 0 fully saturated rings. The number of fused-ring (bicyclic) bond motifs is 7. The molecular formula is C70H54BN3OS. The SMILES string of the molecule is [2H]c1c([2H])c([2H])c(-c2cc3c4c(c2)N(c2cccc5c(C)c(C)oc25)c2c(sc5ccc(-c6ccccc6)cc25)B4c2ccc(N(c4ccccc4)c4ccccc4-c4ccccc4)cc2N3c2ccc(C(C)(C)C)cc2)c([2H])c1[2H]. The average Bonchev–Trinajstić information content (AvgIpc) is 4.20. The number of furan rings is 1. The highest BCUT2D eigenvalue weighted by atomic mass is 32.1. The lowest BCUT2D eigenvalue weighted by atomic mass is 9.36. The van der Waals surface area contributed by atoms with Crippen LogP contribution < -0.4 is 30.4 Å². The van der Waals surface area contributed by atoms with Gasteiger partial charge in [0.25, 0.3) is 6.71 Å². The van der Waals surface area contributed by atoms with Crippen molar-refractivity contribution in [3.05, 3.63) is 253 Å². The van der Waals surface area contributed by atoms with Crippen molar-refractivity contribution in [2.75, 3.05) is 14.7 Å². The zero-order valence-corrected chi connectivity index (χ0v) is 43.7. The van der Waals surface area contributed by atoms with Crippen molar-refractivity contribution in [2.45, 2.75) is 40.0 Å². The minimum absolute atomic E-state index is 0.124. The molecule has 0 atom stereocenters. The lowest BCUT2D eigenvalue weighted by Gasteiger charge is -2.44. The summed E-state index contributed by atoms with van der Waals surface area (Å²) < 4.78 is 55.0. The number of rotatable bonds is 8. The first-order valence-corrected chi connectivity index (χ1v) is 26.8. The fourth-order valence-electron chi connectivity index (χ4n) is 11.7. The molecule has 2 aliphatic rings. The van der Waals surface area contributed by atoms with Gasteiger partial charge in [-0.3, -0.25) is 0 Å². The molecule has 76 heavy (non-hydrogen) atoms. The molecule has 0 aliphatic carbocycles. The van der Waals surface area contributed by atoms with Gasteiger partial charge in [-0.1, -0.05) is 184 Å². The van der Waals surface area contributed by atoms with E-state index in [9.17, 15) is 2.74 Å². The summed E-state index contributed by atoms with van der Waals surface area (Å²) >= 11 is 1.80. The second-order valence-corrected chi connectivity index (χ2v) is 22.0. The van der Waals surface area contributed by atoms with Crippen LogP contribution in [0.1, 0.15) is 44.5 Å². The van der Waals surface area contributed by atoms with Crippen molar-refractivity contribution in [3.8, 4) is 33.4 Å². The smallest absolute Gasteiger partial charge is 0.264 e. The molecule has 4 heterocycles.